The molecule has 2 aromatic rings. The second-order valence-electron chi connectivity index (χ2n) is 6.78. The molecule has 3 heterocycles. The quantitative estimate of drug-likeness (QED) is 0.383. The molecule has 2 unspecified atom stereocenters. The highest BCUT2D eigenvalue weighted by molar-refractivity contribution is 14.0. The van der Waals surface area contributed by atoms with Gasteiger partial charge < -0.3 is 15.0 Å². The number of morpholine rings is 1. The highest BCUT2D eigenvalue weighted by Gasteiger charge is 2.25. The van der Waals surface area contributed by atoms with Gasteiger partial charge in [-0.3, -0.25) is 14.4 Å². The van der Waals surface area contributed by atoms with E-state index in [4.69, 9.17) is 9.73 Å². The monoisotopic (exact) mass is 487 g/mol. The van der Waals surface area contributed by atoms with Gasteiger partial charge in [0.25, 0.3) is 0 Å². The van der Waals surface area contributed by atoms with Crippen LogP contribution in [0.2, 0.25) is 0 Å². The van der Waals surface area contributed by atoms with Crippen LogP contribution in [-0.4, -0.2) is 63.2 Å². The van der Waals surface area contributed by atoms with Gasteiger partial charge in [-0.25, -0.2) is 0 Å². The summed E-state index contributed by atoms with van der Waals surface area (Å²) in [6.07, 6.45) is 7.73. The van der Waals surface area contributed by atoms with Gasteiger partial charge in [0.05, 0.1) is 19.3 Å². The molecule has 0 spiro atoms. The van der Waals surface area contributed by atoms with E-state index in [0.29, 0.717) is 12.5 Å². The van der Waals surface area contributed by atoms with Crippen LogP contribution in [-0.2, 0) is 18.3 Å². The summed E-state index contributed by atoms with van der Waals surface area (Å²) in [4.78, 5) is 7.15. The van der Waals surface area contributed by atoms with Gasteiger partial charge in [0.1, 0.15) is 6.10 Å². The average molecular weight is 487 g/mol. The summed E-state index contributed by atoms with van der Waals surface area (Å²) < 4.78 is 9.71. The smallest absolute Gasteiger partial charge is 0.194 e. The van der Waals surface area contributed by atoms with Gasteiger partial charge in [0, 0.05) is 57.4 Å². The van der Waals surface area contributed by atoms with Gasteiger partial charge in [0.2, 0.25) is 0 Å². The fourth-order valence-electron chi connectivity index (χ4n) is 3.10. The molecule has 0 aliphatic carbocycles. The summed E-state index contributed by atoms with van der Waals surface area (Å²) in [6, 6.07) is 1.95. The van der Waals surface area contributed by atoms with Crippen LogP contribution in [0.4, 0.5) is 0 Å². The van der Waals surface area contributed by atoms with E-state index in [-0.39, 0.29) is 30.1 Å². The van der Waals surface area contributed by atoms with Crippen molar-refractivity contribution in [2.24, 2.45) is 18.0 Å². The van der Waals surface area contributed by atoms with E-state index in [9.17, 15) is 0 Å². The fraction of sp³-hybridized carbons (Fsp3) is 0.611. The number of guanidine groups is 1. The summed E-state index contributed by atoms with van der Waals surface area (Å²) in [6.45, 7) is 9.10. The van der Waals surface area contributed by atoms with Crippen LogP contribution in [0.3, 0.4) is 0 Å². The van der Waals surface area contributed by atoms with Crippen LogP contribution in [0, 0.1) is 5.92 Å². The van der Waals surface area contributed by atoms with Crippen molar-refractivity contribution in [3.63, 3.8) is 0 Å². The molecule has 1 saturated heterocycles. The van der Waals surface area contributed by atoms with Crippen molar-refractivity contribution >= 4 is 29.9 Å². The third-order valence-electron chi connectivity index (χ3n) is 4.41. The van der Waals surface area contributed by atoms with E-state index >= 15 is 0 Å². The number of rotatable bonds is 6. The van der Waals surface area contributed by atoms with Crippen molar-refractivity contribution in [2.45, 2.75) is 26.5 Å². The number of aromatic nitrogens is 4. The Morgan fingerprint density at radius 3 is 2.96 bits per heavy atom. The maximum atomic E-state index is 5.94. The molecule has 1 aliphatic heterocycles. The summed E-state index contributed by atoms with van der Waals surface area (Å²) in [5.74, 6) is 1.37. The van der Waals surface area contributed by atoms with Crippen LogP contribution < -0.4 is 5.32 Å². The van der Waals surface area contributed by atoms with Crippen LogP contribution in [0.1, 0.15) is 25.5 Å². The molecule has 1 N–H and O–H groups in total. The number of aryl methyl sites for hydroxylation is 1. The minimum atomic E-state index is 0. The molecule has 0 saturated carbocycles. The number of ether oxygens (including phenoxy) is 1. The van der Waals surface area contributed by atoms with Gasteiger partial charge in [-0.2, -0.15) is 10.2 Å². The van der Waals surface area contributed by atoms with Crippen LogP contribution in [0.15, 0.2) is 35.8 Å². The first-order chi connectivity index (χ1) is 12.7. The SMILES string of the molecule is CCNC(=NCC(C)Cn1cccn1)N1CCOC(c2cnn(C)c2)C1.I. The zero-order chi connectivity index (χ0) is 18.4. The Kier molecular flexibility index (Phi) is 8.55. The third kappa shape index (κ3) is 6.20. The minimum Gasteiger partial charge on any atom is -0.370 e. The first-order valence-electron chi connectivity index (χ1n) is 9.26. The molecule has 9 heteroatoms. The molecule has 2 atom stereocenters. The molecule has 0 bridgehead atoms. The topological polar surface area (TPSA) is 72.5 Å². The Labute approximate surface area is 178 Å². The Balaban J connectivity index is 0.00000261. The lowest BCUT2D eigenvalue weighted by Crippen LogP contribution is -2.48. The van der Waals surface area contributed by atoms with E-state index in [1.165, 1.54) is 0 Å². The molecule has 1 aliphatic rings. The molecular weight excluding hydrogens is 457 g/mol. The van der Waals surface area contributed by atoms with Crippen molar-refractivity contribution in [3.05, 3.63) is 36.4 Å². The summed E-state index contributed by atoms with van der Waals surface area (Å²) >= 11 is 0. The van der Waals surface area contributed by atoms with Crippen LogP contribution in [0.25, 0.3) is 0 Å². The third-order valence-corrected chi connectivity index (χ3v) is 4.41. The number of hydrogen-bond donors (Lipinski definition) is 1. The lowest BCUT2D eigenvalue weighted by molar-refractivity contribution is -0.00806. The lowest BCUT2D eigenvalue weighted by atomic mass is 10.1. The molecular formula is C18H30IN7O. The van der Waals surface area contributed by atoms with Crippen molar-refractivity contribution in [3.8, 4) is 0 Å². The minimum absolute atomic E-state index is 0. The summed E-state index contributed by atoms with van der Waals surface area (Å²) in [5.41, 5.74) is 1.11. The molecule has 1 fully saturated rings. The van der Waals surface area contributed by atoms with Gasteiger partial charge >= 0.3 is 0 Å². The van der Waals surface area contributed by atoms with E-state index in [2.05, 4.69) is 34.3 Å². The molecule has 0 radical (unpaired) electrons. The number of nitrogens with one attached hydrogen (secondary N) is 1. The molecule has 0 aromatic carbocycles. The number of hydrogen-bond acceptors (Lipinski definition) is 4. The van der Waals surface area contributed by atoms with Crippen molar-refractivity contribution in [1.29, 1.82) is 0 Å². The highest BCUT2D eigenvalue weighted by Crippen LogP contribution is 2.21. The number of halogens is 1. The van der Waals surface area contributed by atoms with E-state index in [1.807, 2.05) is 47.3 Å². The first kappa shape index (κ1) is 21.7. The van der Waals surface area contributed by atoms with Crippen molar-refractivity contribution in [1.82, 2.24) is 29.8 Å². The Bertz CT molecular complexity index is 700. The van der Waals surface area contributed by atoms with E-state index in [0.717, 1.165) is 44.2 Å². The standard InChI is InChI=1S/C18H29N7O.HI/c1-4-19-18(20-10-15(2)12-25-7-5-6-21-25)24-8-9-26-17(14-24)16-11-22-23(3)13-16;/h5-7,11,13,15,17H,4,8-10,12,14H2,1-3H3,(H,19,20);1H. The maximum Gasteiger partial charge on any atom is 0.194 e. The predicted octanol–water partition coefficient (Wildman–Crippen LogP) is 1.91. The maximum absolute atomic E-state index is 5.94. The average Bonchev–Trinajstić information content (AvgIpc) is 3.30. The van der Waals surface area contributed by atoms with Gasteiger partial charge in [-0.05, 0) is 18.9 Å². The Morgan fingerprint density at radius 1 is 1.44 bits per heavy atom. The molecule has 27 heavy (non-hydrogen) atoms. The summed E-state index contributed by atoms with van der Waals surface area (Å²) in [5, 5.41) is 12.0. The lowest BCUT2D eigenvalue weighted by Gasteiger charge is -2.35. The Morgan fingerprint density at radius 2 is 2.30 bits per heavy atom. The molecule has 0 amide bonds. The molecule has 8 nitrogen and oxygen atoms in total. The molecule has 2 aromatic heterocycles. The fourth-order valence-corrected chi connectivity index (χ4v) is 3.10. The second-order valence-corrected chi connectivity index (χ2v) is 6.78. The molecule has 150 valence electrons. The van der Waals surface area contributed by atoms with Gasteiger partial charge in [-0.15, -0.1) is 24.0 Å². The zero-order valence-electron chi connectivity index (χ0n) is 16.3. The molecule has 3 rings (SSSR count). The Hall–Kier alpha value is -1.62. The normalized spacial score (nSPS) is 18.9. The van der Waals surface area contributed by atoms with Crippen LogP contribution >= 0.6 is 24.0 Å². The van der Waals surface area contributed by atoms with Gasteiger partial charge in [0.15, 0.2) is 5.96 Å². The largest absolute Gasteiger partial charge is 0.370 e. The second kappa shape index (κ2) is 10.6. The zero-order valence-corrected chi connectivity index (χ0v) is 18.6. The van der Waals surface area contributed by atoms with E-state index < -0.39 is 0 Å². The van der Waals surface area contributed by atoms with Gasteiger partial charge in [-0.1, -0.05) is 6.92 Å². The highest BCUT2D eigenvalue weighted by atomic mass is 127. The number of nitrogens with zero attached hydrogens (tertiary/aromatic N) is 6. The number of aliphatic imine (C=N–C) groups is 1. The van der Waals surface area contributed by atoms with Crippen molar-refractivity contribution in [2.75, 3.05) is 32.8 Å². The first-order valence-corrected chi connectivity index (χ1v) is 9.26. The van der Waals surface area contributed by atoms with E-state index in [1.54, 1.807) is 0 Å². The van der Waals surface area contributed by atoms with Crippen LogP contribution in [0.5, 0.6) is 0 Å². The summed E-state index contributed by atoms with van der Waals surface area (Å²) in [7, 11) is 1.93. The predicted molar refractivity (Wildman–Crippen MR) is 116 cm³/mol. The van der Waals surface area contributed by atoms with Crippen molar-refractivity contribution < 1.29 is 4.74 Å².